The molecular weight excluding hydrogens is 300 g/mol. The van der Waals surface area contributed by atoms with Crippen molar-refractivity contribution < 1.29 is 4.79 Å². The molecule has 3 rings (SSSR count). The number of pyridine rings is 1. The smallest absolute Gasteiger partial charge is 0.241 e. The molecule has 0 saturated carbocycles. The predicted octanol–water partition coefficient (Wildman–Crippen LogP) is 3.54. The Morgan fingerprint density at radius 1 is 1.25 bits per heavy atom. The summed E-state index contributed by atoms with van der Waals surface area (Å²) in [6.45, 7) is 4.02. The number of nitrogens with zero attached hydrogens (tertiary/aromatic N) is 1. The van der Waals surface area contributed by atoms with Crippen molar-refractivity contribution in [1.82, 2.24) is 9.97 Å². The highest BCUT2D eigenvalue weighted by atomic mass is 16.2. The molecular formula is C19H22N4O. The summed E-state index contributed by atoms with van der Waals surface area (Å²) in [7, 11) is 0. The minimum Gasteiger partial charge on any atom is -0.346 e. The fraction of sp³-hybridized carbons (Fsp3) is 0.263. The Kier molecular flexibility index (Phi) is 4.62. The van der Waals surface area contributed by atoms with Crippen LogP contribution in [0.15, 0.2) is 48.8 Å². The maximum absolute atomic E-state index is 12.2. The fourth-order valence-corrected chi connectivity index (χ4v) is 2.68. The fourth-order valence-electron chi connectivity index (χ4n) is 2.68. The van der Waals surface area contributed by atoms with E-state index in [1.165, 1.54) is 0 Å². The van der Waals surface area contributed by atoms with Gasteiger partial charge in [0.1, 0.15) is 5.65 Å². The number of carbonyl (C=O) groups is 1. The van der Waals surface area contributed by atoms with E-state index < -0.39 is 6.04 Å². The number of benzene rings is 1. The van der Waals surface area contributed by atoms with Gasteiger partial charge in [0.25, 0.3) is 0 Å². The number of nitrogens with one attached hydrogen (secondary N) is 2. The molecule has 0 radical (unpaired) electrons. The molecule has 0 spiro atoms. The van der Waals surface area contributed by atoms with Crippen molar-refractivity contribution in [1.29, 1.82) is 0 Å². The van der Waals surface area contributed by atoms with Crippen LogP contribution >= 0.6 is 0 Å². The van der Waals surface area contributed by atoms with Gasteiger partial charge in [0.05, 0.1) is 6.04 Å². The molecule has 4 N–H and O–H groups in total. The van der Waals surface area contributed by atoms with E-state index in [0.717, 1.165) is 34.3 Å². The molecule has 0 fully saturated rings. The quantitative estimate of drug-likeness (QED) is 0.672. The topological polar surface area (TPSA) is 83.8 Å². The van der Waals surface area contributed by atoms with Gasteiger partial charge in [-0.1, -0.05) is 32.4 Å². The zero-order valence-electron chi connectivity index (χ0n) is 13.9. The van der Waals surface area contributed by atoms with Gasteiger partial charge in [-0.3, -0.25) is 4.79 Å². The van der Waals surface area contributed by atoms with Crippen molar-refractivity contribution in [2.75, 3.05) is 5.32 Å². The molecule has 124 valence electrons. The number of hydrogen-bond acceptors (Lipinski definition) is 3. The monoisotopic (exact) mass is 322 g/mol. The Morgan fingerprint density at radius 3 is 2.71 bits per heavy atom. The Labute approximate surface area is 141 Å². The molecule has 1 amide bonds. The second-order valence-electron chi connectivity index (χ2n) is 6.08. The van der Waals surface area contributed by atoms with Crippen LogP contribution in [0.3, 0.4) is 0 Å². The van der Waals surface area contributed by atoms with E-state index >= 15 is 0 Å². The first-order valence-corrected chi connectivity index (χ1v) is 8.19. The van der Waals surface area contributed by atoms with E-state index in [1.54, 1.807) is 6.20 Å². The molecule has 24 heavy (non-hydrogen) atoms. The van der Waals surface area contributed by atoms with Crippen molar-refractivity contribution in [2.24, 2.45) is 11.7 Å². The number of fused-ring (bicyclic) bond motifs is 1. The van der Waals surface area contributed by atoms with E-state index in [-0.39, 0.29) is 11.8 Å². The lowest BCUT2D eigenvalue weighted by Crippen LogP contribution is -2.40. The normalized spacial score (nSPS) is 13.6. The molecule has 0 saturated heterocycles. The van der Waals surface area contributed by atoms with Gasteiger partial charge in [-0.05, 0) is 41.3 Å². The first-order valence-electron chi connectivity index (χ1n) is 8.19. The molecule has 0 aliphatic heterocycles. The van der Waals surface area contributed by atoms with Crippen molar-refractivity contribution in [2.45, 2.75) is 26.3 Å². The Bertz CT molecular complexity index is 838. The Balaban J connectivity index is 1.79. The zero-order valence-corrected chi connectivity index (χ0v) is 13.9. The van der Waals surface area contributed by atoms with Crippen LogP contribution in [0.25, 0.3) is 22.2 Å². The van der Waals surface area contributed by atoms with Gasteiger partial charge >= 0.3 is 0 Å². The van der Waals surface area contributed by atoms with Crippen LogP contribution in [0.5, 0.6) is 0 Å². The van der Waals surface area contributed by atoms with Crippen LogP contribution < -0.4 is 11.1 Å². The average molecular weight is 322 g/mol. The second kappa shape index (κ2) is 6.84. The summed E-state index contributed by atoms with van der Waals surface area (Å²) in [5.41, 5.74) is 9.77. The Morgan fingerprint density at radius 2 is 2.00 bits per heavy atom. The summed E-state index contributed by atoms with van der Waals surface area (Å²) in [6, 6.07) is 11.3. The van der Waals surface area contributed by atoms with Crippen LogP contribution in [-0.4, -0.2) is 21.9 Å². The third kappa shape index (κ3) is 3.16. The van der Waals surface area contributed by atoms with Crippen LogP contribution in [0, 0.1) is 5.92 Å². The third-order valence-corrected chi connectivity index (χ3v) is 4.48. The van der Waals surface area contributed by atoms with E-state index in [4.69, 9.17) is 5.73 Å². The maximum Gasteiger partial charge on any atom is 0.241 e. The molecule has 5 heteroatoms. The molecule has 2 heterocycles. The number of H-pyrrole nitrogens is 1. The first kappa shape index (κ1) is 16.2. The van der Waals surface area contributed by atoms with E-state index in [0.29, 0.717) is 0 Å². The molecule has 5 nitrogen and oxygen atoms in total. The molecule has 2 aromatic heterocycles. The van der Waals surface area contributed by atoms with Gasteiger partial charge in [0, 0.05) is 23.5 Å². The highest BCUT2D eigenvalue weighted by Gasteiger charge is 2.19. The van der Waals surface area contributed by atoms with Gasteiger partial charge in [-0.15, -0.1) is 0 Å². The molecule has 0 unspecified atom stereocenters. The number of nitrogens with two attached hydrogens (primary N) is 1. The number of anilines is 1. The highest BCUT2D eigenvalue weighted by Crippen LogP contribution is 2.27. The lowest BCUT2D eigenvalue weighted by molar-refractivity contribution is -0.118. The summed E-state index contributed by atoms with van der Waals surface area (Å²) in [6.07, 6.45) is 4.54. The Hall–Kier alpha value is -2.66. The van der Waals surface area contributed by atoms with E-state index in [1.807, 2.05) is 56.4 Å². The van der Waals surface area contributed by atoms with Crippen LogP contribution in [0.1, 0.15) is 20.3 Å². The van der Waals surface area contributed by atoms with E-state index in [9.17, 15) is 4.79 Å². The SMILES string of the molecule is CC[C@@H](C)[C@@H](N)C(=O)Nc1ccc(-c2ccnc3[nH]ccc23)cc1. The summed E-state index contributed by atoms with van der Waals surface area (Å²) in [5, 5.41) is 3.96. The van der Waals surface area contributed by atoms with Gasteiger partial charge in [-0.25, -0.2) is 4.98 Å². The third-order valence-electron chi connectivity index (χ3n) is 4.48. The van der Waals surface area contributed by atoms with E-state index in [2.05, 4.69) is 15.3 Å². The summed E-state index contributed by atoms with van der Waals surface area (Å²) in [5.74, 6) is 0.0111. The highest BCUT2D eigenvalue weighted by molar-refractivity contribution is 5.96. The lowest BCUT2D eigenvalue weighted by atomic mass is 9.99. The number of carbonyl (C=O) groups excluding carboxylic acids is 1. The molecule has 0 aliphatic carbocycles. The minimum atomic E-state index is -0.491. The van der Waals surface area contributed by atoms with Gasteiger partial charge in [0.15, 0.2) is 0 Å². The standard InChI is InChI=1S/C19H22N4O/c1-3-12(2)17(20)19(24)23-14-6-4-13(5-7-14)15-8-10-21-18-16(15)9-11-22-18/h4-12,17H,3,20H2,1-2H3,(H,21,22)(H,23,24)/t12-,17-/m1/s1. The van der Waals surface area contributed by atoms with Gasteiger partial charge in [0.2, 0.25) is 5.91 Å². The predicted molar refractivity (Wildman–Crippen MR) is 97.6 cm³/mol. The number of hydrogen-bond donors (Lipinski definition) is 3. The summed E-state index contributed by atoms with van der Waals surface area (Å²) >= 11 is 0. The summed E-state index contributed by atoms with van der Waals surface area (Å²) in [4.78, 5) is 19.6. The zero-order chi connectivity index (χ0) is 17.1. The summed E-state index contributed by atoms with van der Waals surface area (Å²) < 4.78 is 0. The van der Waals surface area contributed by atoms with Crippen LogP contribution in [0.4, 0.5) is 5.69 Å². The number of rotatable bonds is 5. The molecule has 1 aromatic carbocycles. The first-order chi connectivity index (χ1) is 11.6. The maximum atomic E-state index is 12.2. The van der Waals surface area contributed by atoms with Crippen LogP contribution in [0.2, 0.25) is 0 Å². The average Bonchev–Trinajstić information content (AvgIpc) is 3.09. The van der Waals surface area contributed by atoms with Gasteiger partial charge < -0.3 is 16.0 Å². The van der Waals surface area contributed by atoms with Gasteiger partial charge in [-0.2, -0.15) is 0 Å². The number of aromatic nitrogens is 2. The lowest BCUT2D eigenvalue weighted by Gasteiger charge is -2.17. The molecule has 2 atom stereocenters. The molecule has 3 aromatic rings. The van der Waals surface area contributed by atoms with Crippen LogP contribution in [-0.2, 0) is 4.79 Å². The largest absolute Gasteiger partial charge is 0.346 e. The molecule has 0 aliphatic rings. The number of amides is 1. The molecule has 0 bridgehead atoms. The van der Waals surface area contributed by atoms with Crippen molar-refractivity contribution >= 4 is 22.6 Å². The van der Waals surface area contributed by atoms with Crippen molar-refractivity contribution in [3.8, 4) is 11.1 Å². The van der Waals surface area contributed by atoms with Crippen molar-refractivity contribution in [3.63, 3.8) is 0 Å². The number of aromatic amines is 1. The van der Waals surface area contributed by atoms with Crippen molar-refractivity contribution in [3.05, 3.63) is 48.8 Å². The second-order valence-corrected chi connectivity index (χ2v) is 6.08. The minimum absolute atomic E-state index is 0.144.